The Kier molecular flexibility index (Phi) is 4.90. The molecule has 0 aliphatic heterocycles. The van der Waals surface area contributed by atoms with Crippen molar-refractivity contribution in [2.24, 2.45) is 0 Å². The Morgan fingerprint density at radius 1 is 1.38 bits per heavy atom. The highest BCUT2D eigenvalue weighted by atomic mass is 32.2. The minimum absolute atomic E-state index is 0.184. The van der Waals surface area contributed by atoms with Crippen LogP contribution in [0.25, 0.3) is 0 Å². The van der Waals surface area contributed by atoms with E-state index in [0.717, 1.165) is 11.4 Å². The molecule has 2 atom stereocenters. The molecule has 0 saturated carbocycles. The zero-order chi connectivity index (χ0) is 15.4. The number of carbonyl (C=O) groups is 1. The number of amides is 1. The maximum atomic E-state index is 12.4. The minimum Gasteiger partial charge on any atom is -0.360 e. The summed E-state index contributed by atoms with van der Waals surface area (Å²) in [6, 6.07) is 11.0. The van der Waals surface area contributed by atoms with Crippen LogP contribution < -0.4 is 4.90 Å². The third kappa shape index (κ3) is 3.78. The van der Waals surface area contributed by atoms with Gasteiger partial charge in [0, 0.05) is 29.6 Å². The van der Waals surface area contributed by atoms with Crippen molar-refractivity contribution in [3.8, 4) is 0 Å². The predicted molar refractivity (Wildman–Crippen MR) is 82.4 cm³/mol. The molecular formula is C15H18N2O3S. The van der Waals surface area contributed by atoms with Gasteiger partial charge < -0.3 is 9.42 Å². The van der Waals surface area contributed by atoms with Crippen molar-refractivity contribution in [1.82, 2.24) is 5.16 Å². The molecule has 5 nitrogen and oxygen atoms in total. The number of hydrogen-bond donors (Lipinski definition) is 0. The van der Waals surface area contributed by atoms with Gasteiger partial charge in [-0.3, -0.25) is 9.00 Å². The second kappa shape index (κ2) is 6.67. The molecule has 1 amide bonds. The van der Waals surface area contributed by atoms with Gasteiger partial charge in [0.15, 0.2) is 0 Å². The molecule has 1 heterocycles. The Labute approximate surface area is 126 Å². The van der Waals surface area contributed by atoms with Crippen LogP contribution >= 0.6 is 0 Å². The number of para-hydroxylation sites is 1. The lowest BCUT2D eigenvalue weighted by Gasteiger charge is -2.20. The van der Waals surface area contributed by atoms with Gasteiger partial charge in [0.2, 0.25) is 5.91 Å². The molecule has 0 spiro atoms. The van der Waals surface area contributed by atoms with Gasteiger partial charge in [0.25, 0.3) is 0 Å². The van der Waals surface area contributed by atoms with E-state index < -0.39 is 16.0 Å². The molecule has 112 valence electrons. The van der Waals surface area contributed by atoms with Crippen molar-refractivity contribution in [2.75, 3.05) is 11.9 Å². The summed E-state index contributed by atoms with van der Waals surface area (Å²) in [4.78, 5) is 13.9. The van der Waals surface area contributed by atoms with E-state index in [0.29, 0.717) is 5.76 Å². The number of benzene rings is 1. The molecule has 0 bridgehead atoms. The second-order valence-electron chi connectivity index (χ2n) is 4.83. The van der Waals surface area contributed by atoms with Crippen molar-refractivity contribution in [2.45, 2.75) is 24.9 Å². The van der Waals surface area contributed by atoms with E-state index in [9.17, 15) is 9.00 Å². The summed E-state index contributed by atoms with van der Waals surface area (Å²) in [7, 11) is 0.333. The Bertz CT molecular complexity index is 639. The number of aromatic nitrogens is 1. The lowest BCUT2D eigenvalue weighted by Crippen LogP contribution is -2.37. The second-order valence-corrected chi connectivity index (χ2v) is 6.59. The van der Waals surface area contributed by atoms with Gasteiger partial charge in [-0.15, -0.1) is 0 Å². The van der Waals surface area contributed by atoms with Gasteiger partial charge in [-0.05, 0) is 26.0 Å². The van der Waals surface area contributed by atoms with E-state index in [1.165, 1.54) is 4.90 Å². The molecule has 21 heavy (non-hydrogen) atoms. The Hall–Kier alpha value is -1.95. The summed E-state index contributed by atoms with van der Waals surface area (Å²) >= 11 is 0. The van der Waals surface area contributed by atoms with Crippen molar-refractivity contribution < 1.29 is 13.5 Å². The van der Waals surface area contributed by atoms with Gasteiger partial charge >= 0.3 is 0 Å². The van der Waals surface area contributed by atoms with Crippen LogP contribution in [0.15, 0.2) is 40.9 Å². The standard InChI is InChI=1S/C15H18N2O3S/c1-11-9-14(20-16-11)10-21(19)12(2)15(18)17(3)13-7-5-4-6-8-13/h4-9,12H,10H2,1-3H3/t12-,21+/m0/s1. The number of nitrogens with zero attached hydrogens (tertiary/aromatic N) is 2. The highest BCUT2D eigenvalue weighted by Gasteiger charge is 2.25. The smallest absolute Gasteiger partial charge is 0.242 e. The number of rotatable bonds is 5. The van der Waals surface area contributed by atoms with Crippen molar-refractivity contribution in [3.63, 3.8) is 0 Å². The van der Waals surface area contributed by atoms with E-state index in [1.54, 1.807) is 27.0 Å². The summed E-state index contributed by atoms with van der Waals surface area (Å²) in [6.45, 7) is 3.47. The highest BCUT2D eigenvalue weighted by Crippen LogP contribution is 2.15. The third-order valence-corrected chi connectivity index (χ3v) is 4.74. The van der Waals surface area contributed by atoms with Crippen LogP contribution in [-0.4, -0.2) is 27.6 Å². The SMILES string of the molecule is Cc1cc(C[S@@](=O)[C@@H](C)C(=O)N(C)c2ccccc2)on1. The fourth-order valence-corrected chi connectivity index (χ4v) is 2.96. The fourth-order valence-electron chi connectivity index (χ4n) is 1.91. The topological polar surface area (TPSA) is 63.4 Å². The number of hydrogen-bond acceptors (Lipinski definition) is 4. The molecule has 0 fully saturated rings. The van der Waals surface area contributed by atoms with Crippen LogP contribution in [-0.2, 0) is 21.3 Å². The van der Waals surface area contributed by atoms with E-state index in [-0.39, 0.29) is 11.7 Å². The number of anilines is 1. The number of carbonyl (C=O) groups excluding carboxylic acids is 1. The Morgan fingerprint density at radius 3 is 2.62 bits per heavy atom. The average molecular weight is 306 g/mol. The summed E-state index contributed by atoms with van der Waals surface area (Å²) in [5.74, 6) is 0.541. The van der Waals surface area contributed by atoms with Gasteiger partial charge in [-0.2, -0.15) is 0 Å². The highest BCUT2D eigenvalue weighted by molar-refractivity contribution is 7.85. The Balaban J connectivity index is 2.03. The third-order valence-electron chi connectivity index (χ3n) is 3.18. The summed E-state index contributed by atoms with van der Waals surface area (Å²) in [5, 5.41) is 3.14. The Morgan fingerprint density at radius 2 is 2.05 bits per heavy atom. The number of aryl methyl sites for hydroxylation is 1. The molecule has 0 aliphatic rings. The largest absolute Gasteiger partial charge is 0.360 e. The lowest BCUT2D eigenvalue weighted by molar-refractivity contribution is -0.117. The van der Waals surface area contributed by atoms with Crippen molar-refractivity contribution in [1.29, 1.82) is 0 Å². The quantitative estimate of drug-likeness (QED) is 0.850. The zero-order valence-electron chi connectivity index (χ0n) is 12.3. The van der Waals surface area contributed by atoms with E-state index in [1.807, 2.05) is 30.3 Å². The molecule has 0 aliphatic carbocycles. The van der Waals surface area contributed by atoms with Gasteiger partial charge in [-0.1, -0.05) is 23.4 Å². The summed E-state index contributed by atoms with van der Waals surface area (Å²) < 4.78 is 17.3. The molecule has 2 aromatic rings. The lowest BCUT2D eigenvalue weighted by atomic mass is 10.3. The van der Waals surface area contributed by atoms with Crippen LogP contribution in [0, 0.1) is 6.92 Å². The van der Waals surface area contributed by atoms with Crippen LogP contribution in [0.2, 0.25) is 0 Å². The van der Waals surface area contributed by atoms with Crippen molar-refractivity contribution in [3.05, 3.63) is 47.9 Å². The molecule has 0 saturated heterocycles. The van der Waals surface area contributed by atoms with Gasteiger partial charge in [-0.25, -0.2) is 0 Å². The molecule has 0 N–H and O–H groups in total. The molecule has 6 heteroatoms. The molecule has 0 radical (unpaired) electrons. The molecule has 0 unspecified atom stereocenters. The maximum Gasteiger partial charge on any atom is 0.242 e. The van der Waals surface area contributed by atoms with Crippen molar-refractivity contribution >= 4 is 22.4 Å². The summed E-state index contributed by atoms with van der Waals surface area (Å²) in [6.07, 6.45) is 0. The normalized spacial score (nSPS) is 13.7. The molecule has 1 aromatic carbocycles. The monoisotopic (exact) mass is 306 g/mol. The predicted octanol–water partition coefficient (Wildman–Crippen LogP) is 2.28. The molecule has 2 rings (SSSR count). The average Bonchev–Trinajstić information content (AvgIpc) is 2.90. The first-order valence-corrected chi connectivity index (χ1v) is 7.99. The van der Waals surface area contributed by atoms with Crippen LogP contribution in [0.4, 0.5) is 5.69 Å². The van der Waals surface area contributed by atoms with Gasteiger partial charge in [0.05, 0.1) is 11.4 Å². The van der Waals surface area contributed by atoms with E-state index in [2.05, 4.69) is 5.16 Å². The maximum absolute atomic E-state index is 12.4. The van der Waals surface area contributed by atoms with Gasteiger partial charge in [0.1, 0.15) is 11.0 Å². The van der Waals surface area contributed by atoms with Crippen LogP contribution in [0.3, 0.4) is 0 Å². The first kappa shape index (κ1) is 15.4. The van der Waals surface area contributed by atoms with E-state index in [4.69, 9.17) is 4.52 Å². The minimum atomic E-state index is -1.35. The zero-order valence-corrected chi connectivity index (χ0v) is 13.1. The molecule has 1 aromatic heterocycles. The fraction of sp³-hybridized carbons (Fsp3) is 0.333. The van der Waals surface area contributed by atoms with Crippen LogP contribution in [0.1, 0.15) is 18.4 Å². The van der Waals surface area contributed by atoms with Crippen LogP contribution in [0.5, 0.6) is 0 Å². The first-order chi connectivity index (χ1) is 9.99. The van der Waals surface area contributed by atoms with E-state index >= 15 is 0 Å². The first-order valence-electron chi connectivity index (χ1n) is 6.61. The summed E-state index contributed by atoms with van der Waals surface area (Å²) in [5.41, 5.74) is 1.52. The molecular weight excluding hydrogens is 288 g/mol.